The summed E-state index contributed by atoms with van der Waals surface area (Å²) in [5.74, 6) is -0.0421. The second-order valence-electron chi connectivity index (χ2n) is 2.14. The summed E-state index contributed by atoms with van der Waals surface area (Å²) in [5, 5.41) is 2.45. The van der Waals surface area contributed by atoms with Gasteiger partial charge in [-0.15, -0.1) is 0 Å². The highest BCUT2D eigenvalue weighted by Gasteiger charge is 1.96. The molecule has 0 fully saturated rings. The first-order valence-corrected chi connectivity index (χ1v) is 3.64. The normalized spacial score (nSPS) is 9.40. The molecule has 0 aromatic rings. The summed E-state index contributed by atoms with van der Waals surface area (Å²) in [4.78, 5) is 10.7. The van der Waals surface area contributed by atoms with Gasteiger partial charge in [-0.25, -0.2) is 4.39 Å². The summed E-state index contributed by atoms with van der Waals surface area (Å²) in [6.45, 7) is 1.70. The summed E-state index contributed by atoms with van der Waals surface area (Å²) >= 11 is 0. The van der Waals surface area contributed by atoms with E-state index in [0.717, 1.165) is 12.8 Å². The first-order valence-electron chi connectivity index (χ1n) is 3.64. The van der Waals surface area contributed by atoms with E-state index >= 15 is 0 Å². The lowest BCUT2D eigenvalue weighted by Gasteiger charge is -1.99. The maximum Gasteiger partial charge on any atom is 0.220 e. The Hall–Kier alpha value is -0.600. The van der Waals surface area contributed by atoms with Crippen molar-refractivity contribution in [3.8, 4) is 0 Å². The molecule has 0 aromatic carbocycles. The number of halogens is 1. The molecule has 10 heavy (non-hydrogen) atoms. The zero-order valence-electron chi connectivity index (χ0n) is 6.32. The van der Waals surface area contributed by atoms with Crippen molar-refractivity contribution in [2.45, 2.75) is 26.2 Å². The van der Waals surface area contributed by atoms with Crippen molar-refractivity contribution in [3.63, 3.8) is 0 Å². The van der Waals surface area contributed by atoms with Gasteiger partial charge >= 0.3 is 0 Å². The third-order valence-electron chi connectivity index (χ3n) is 1.17. The molecule has 0 unspecified atom stereocenters. The molecule has 0 heterocycles. The van der Waals surface area contributed by atoms with Crippen LogP contribution in [0.2, 0.25) is 0 Å². The number of alkyl halides is 1. The minimum atomic E-state index is -0.474. The Kier molecular flexibility index (Phi) is 6.13. The van der Waals surface area contributed by atoms with Crippen LogP contribution >= 0.6 is 0 Å². The van der Waals surface area contributed by atoms with Crippen LogP contribution in [0.15, 0.2) is 0 Å². The van der Waals surface area contributed by atoms with Crippen molar-refractivity contribution >= 4 is 5.91 Å². The van der Waals surface area contributed by atoms with Gasteiger partial charge in [0.2, 0.25) is 5.91 Å². The Balaban J connectivity index is 3.09. The number of nitrogens with one attached hydrogen (secondary N) is 1. The zero-order valence-corrected chi connectivity index (χ0v) is 6.32. The highest BCUT2D eigenvalue weighted by molar-refractivity contribution is 5.75. The lowest BCUT2D eigenvalue weighted by Crippen LogP contribution is -2.24. The number of carbonyl (C=O) groups excluding carboxylic acids is 1. The molecule has 1 amide bonds. The van der Waals surface area contributed by atoms with Crippen LogP contribution in [0.1, 0.15) is 26.2 Å². The summed E-state index contributed by atoms with van der Waals surface area (Å²) in [6.07, 6.45) is 2.41. The minimum absolute atomic E-state index is 0.0421. The average molecular weight is 147 g/mol. The van der Waals surface area contributed by atoms with Gasteiger partial charge in [0.05, 0.1) is 0 Å². The lowest BCUT2D eigenvalue weighted by molar-refractivity contribution is -0.121. The Bertz CT molecular complexity index is 85.6. The van der Waals surface area contributed by atoms with Crippen molar-refractivity contribution in [3.05, 3.63) is 0 Å². The number of rotatable bonds is 5. The van der Waals surface area contributed by atoms with Gasteiger partial charge in [0, 0.05) is 13.0 Å². The fourth-order valence-electron chi connectivity index (χ4n) is 0.612. The first-order chi connectivity index (χ1) is 4.81. The third kappa shape index (κ3) is 5.54. The highest BCUT2D eigenvalue weighted by atomic mass is 19.1. The molecule has 0 aliphatic carbocycles. The largest absolute Gasteiger partial charge is 0.353 e. The van der Waals surface area contributed by atoms with Gasteiger partial charge < -0.3 is 5.32 Å². The molecule has 0 spiro atoms. The second kappa shape index (κ2) is 6.52. The van der Waals surface area contributed by atoms with Crippen molar-refractivity contribution < 1.29 is 9.18 Å². The van der Waals surface area contributed by atoms with Gasteiger partial charge in [0.1, 0.15) is 6.67 Å². The van der Waals surface area contributed by atoms with Crippen LogP contribution in [-0.2, 0) is 4.79 Å². The van der Waals surface area contributed by atoms with Gasteiger partial charge in [-0.1, -0.05) is 13.3 Å². The van der Waals surface area contributed by atoms with Gasteiger partial charge in [-0.05, 0) is 6.42 Å². The Morgan fingerprint density at radius 1 is 1.60 bits per heavy atom. The van der Waals surface area contributed by atoms with Crippen molar-refractivity contribution in [2.75, 3.05) is 13.2 Å². The quantitative estimate of drug-likeness (QED) is 0.623. The van der Waals surface area contributed by atoms with Crippen molar-refractivity contribution in [1.29, 1.82) is 0 Å². The maximum absolute atomic E-state index is 11.5. The molecule has 0 saturated heterocycles. The molecule has 1 N–H and O–H groups in total. The molecule has 0 radical (unpaired) electrons. The SMILES string of the molecule is CCCCC(=O)NCCF. The number of hydrogen-bond donors (Lipinski definition) is 1. The second-order valence-corrected chi connectivity index (χ2v) is 2.14. The predicted octanol–water partition coefficient (Wildman–Crippen LogP) is 1.26. The van der Waals surface area contributed by atoms with E-state index in [2.05, 4.69) is 5.32 Å². The fourth-order valence-corrected chi connectivity index (χ4v) is 0.612. The van der Waals surface area contributed by atoms with E-state index in [4.69, 9.17) is 0 Å². The van der Waals surface area contributed by atoms with Crippen molar-refractivity contribution in [1.82, 2.24) is 5.32 Å². The number of amides is 1. The third-order valence-corrected chi connectivity index (χ3v) is 1.17. The van der Waals surface area contributed by atoms with Crippen LogP contribution in [0.5, 0.6) is 0 Å². The molecule has 0 atom stereocenters. The summed E-state index contributed by atoms with van der Waals surface area (Å²) in [7, 11) is 0. The molecule has 0 aliphatic heterocycles. The molecule has 60 valence electrons. The zero-order chi connectivity index (χ0) is 7.82. The van der Waals surface area contributed by atoms with E-state index in [1.54, 1.807) is 0 Å². The molecule has 2 nitrogen and oxygen atoms in total. The highest BCUT2D eigenvalue weighted by Crippen LogP contribution is 1.92. The average Bonchev–Trinajstić information content (AvgIpc) is 1.97. The van der Waals surface area contributed by atoms with E-state index in [1.165, 1.54) is 0 Å². The van der Waals surface area contributed by atoms with Crippen LogP contribution in [0, 0.1) is 0 Å². The van der Waals surface area contributed by atoms with Crippen LogP contribution in [-0.4, -0.2) is 19.1 Å². The van der Waals surface area contributed by atoms with E-state index in [0.29, 0.717) is 6.42 Å². The number of unbranched alkanes of at least 4 members (excludes halogenated alkanes) is 1. The lowest BCUT2D eigenvalue weighted by atomic mass is 10.2. The Labute approximate surface area is 60.8 Å². The maximum atomic E-state index is 11.5. The van der Waals surface area contributed by atoms with Gasteiger partial charge in [-0.2, -0.15) is 0 Å². The first kappa shape index (κ1) is 9.40. The monoisotopic (exact) mass is 147 g/mol. The minimum Gasteiger partial charge on any atom is -0.353 e. The van der Waals surface area contributed by atoms with Crippen LogP contribution in [0.25, 0.3) is 0 Å². The summed E-state index contributed by atoms with van der Waals surface area (Å²) < 4.78 is 11.5. The number of hydrogen-bond acceptors (Lipinski definition) is 1. The molecule has 0 rings (SSSR count). The van der Waals surface area contributed by atoms with Crippen LogP contribution in [0.3, 0.4) is 0 Å². The summed E-state index contributed by atoms with van der Waals surface area (Å²) in [5.41, 5.74) is 0. The van der Waals surface area contributed by atoms with E-state index in [9.17, 15) is 9.18 Å². The van der Waals surface area contributed by atoms with Gasteiger partial charge in [0.25, 0.3) is 0 Å². The topological polar surface area (TPSA) is 29.1 Å². The Morgan fingerprint density at radius 3 is 2.80 bits per heavy atom. The predicted molar refractivity (Wildman–Crippen MR) is 38.5 cm³/mol. The van der Waals surface area contributed by atoms with Crippen LogP contribution in [0.4, 0.5) is 4.39 Å². The van der Waals surface area contributed by atoms with Crippen LogP contribution < -0.4 is 5.32 Å². The molecule has 0 aromatic heterocycles. The fraction of sp³-hybridized carbons (Fsp3) is 0.857. The Morgan fingerprint density at radius 2 is 2.30 bits per heavy atom. The molecule has 0 bridgehead atoms. The molecule has 0 saturated carbocycles. The van der Waals surface area contributed by atoms with E-state index < -0.39 is 6.67 Å². The molecule has 0 aliphatic rings. The summed E-state index contributed by atoms with van der Waals surface area (Å²) in [6, 6.07) is 0. The standard InChI is InChI=1S/C7H14FNO/c1-2-3-4-7(10)9-6-5-8/h2-6H2,1H3,(H,9,10). The smallest absolute Gasteiger partial charge is 0.220 e. The molecular formula is C7H14FNO. The number of carbonyl (C=O) groups is 1. The van der Waals surface area contributed by atoms with Gasteiger partial charge in [0.15, 0.2) is 0 Å². The van der Waals surface area contributed by atoms with E-state index in [1.807, 2.05) is 6.92 Å². The van der Waals surface area contributed by atoms with Gasteiger partial charge in [-0.3, -0.25) is 4.79 Å². The molecule has 3 heteroatoms. The molecular weight excluding hydrogens is 133 g/mol. The van der Waals surface area contributed by atoms with Crippen molar-refractivity contribution in [2.24, 2.45) is 0 Å². The van der Waals surface area contributed by atoms with E-state index in [-0.39, 0.29) is 12.5 Å².